The van der Waals surface area contributed by atoms with Gasteiger partial charge in [0, 0.05) is 28.9 Å². The first kappa shape index (κ1) is 17.2. The van der Waals surface area contributed by atoms with E-state index in [0.717, 1.165) is 43.4 Å². The highest BCUT2D eigenvalue weighted by Gasteiger charge is 2.36. The van der Waals surface area contributed by atoms with Crippen LogP contribution in [0.2, 0.25) is 0 Å². The summed E-state index contributed by atoms with van der Waals surface area (Å²) in [5, 5.41) is 11.9. The molecule has 0 saturated carbocycles. The molecule has 1 fully saturated rings. The first-order valence-electron chi connectivity index (χ1n) is 8.71. The van der Waals surface area contributed by atoms with Crippen molar-refractivity contribution in [1.82, 2.24) is 4.90 Å². The number of rotatable bonds is 5. The first-order valence-corrected chi connectivity index (χ1v) is 9.59. The van der Waals surface area contributed by atoms with Crippen molar-refractivity contribution in [3.8, 4) is 10.4 Å². The molecule has 0 radical (unpaired) electrons. The molecule has 2 aromatic rings. The fourth-order valence-electron chi connectivity index (χ4n) is 3.75. The molecule has 1 N–H and O–H groups in total. The van der Waals surface area contributed by atoms with E-state index in [0.29, 0.717) is 6.54 Å². The topological polar surface area (TPSA) is 40.5 Å². The number of likely N-dealkylation sites (tertiary alicyclic amines) is 1. The zero-order valence-corrected chi connectivity index (χ0v) is 15.0. The molecule has 3 nitrogen and oxygen atoms in total. The Balaban J connectivity index is 1.80. The molecule has 1 aromatic carbocycles. The molecule has 1 atom stereocenters. The number of piperidine rings is 1. The Bertz CT molecular complexity index is 679. The highest BCUT2D eigenvalue weighted by molar-refractivity contribution is 7.13. The third-order valence-electron chi connectivity index (χ3n) is 4.98. The zero-order valence-electron chi connectivity index (χ0n) is 14.2. The van der Waals surface area contributed by atoms with Gasteiger partial charge in [-0.3, -0.25) is 4.79 Å². The van der Waals surface area contributed by atoms with Crippen molar-refractivity contribution in [2.75, 3.05) is 19.7 Å². The SMILES string of the molecule is CCC[C@]1(CO)CCCN(C(=O)c2cccc(-c3cccs3)c2)C1. The molecule has 0 unspecified atom stereocenters. The minimum Gasteiger partial charge on any atom is -0.396 e. The van der Waals surface area contributed by atoms with E-state index in [-0.39, 0.29) is 17.9 Å². The molecule has 1 amide bonds. The number of aliphatic hydroxyl groups is 1. The lowest BCUT2D eigenvalue weighted by Gasteiger charge is -2.42. The second kappa shape index (κ2) is 7.49. The van der Waals surface area contributed by atoms with Crippen molar-refractivity contribution in [2.45, 2.75) is 32.6 Å². The molecule has 4 heteroatoms. The number of amides is 1. The molecule has 3 rings (SSSR count). The van der Waals surface area contributed by atoms with Gasteiger partial charge in [-0.05, 0) is 48.4 Å². The summed E-state index contributed by atoms with van der Waals surface area (Å²) < 4.78 is 0. The van der Waals surface area contributed by atoms with E-state index < -0.39 is 0 Å². The molecule has 128 valence electrons. The Hall–Kier alpha value is -1.65. The van der Waals surface area contributed by atoms with Gasteiger partial charge < -0.3 is 10.0 Å². The third kappa shape index (κ3) is 3.55. The second-order valence-electron chi connectivity index (χ2n) is 6.80. The summed E-state index contributed by atoms with van der Waals surface area (Å²) in [4.78, 5) is 16.1. The molecule has 0 aliphatic carbocycles. The minimum atomic E-state index is -0.117. The first-order chi connectivity index (χ1) is 11.7. The van der Waals surface area contributed by atoms with Crippen molar-refractivity contribution < 1.29 is 9.90 Å². The van der Waals surface area contributed by atoms with Crippen LogP contribution in [0.5, 0.6) is 0 Å². The van der Waals surface area contributed by atoms with Gasteiger partial charge in [-0.2, -0.15) is 0 Å². The van der Waals surface area contributed by atoms with Crippen molar-refractivity contribution >= 4 is 17.2 Å². The Morgan fingerprint density at radius 1 is 1.33 bits per heavy atom. The largest absolute Gasteiger partial charge is 0.396 e. The van der Waals surface area contributed by atoms with E-state index in [1.54, 1.807) is 11.3 Å². The predicted octanol–water partition coefficient (Wildman–Crippen LogP) is 4.43. The second-order valence-corrected chi connectivity index (χ2v) is 7.74. The monoisotopic (exact) mass is 343 g/mol. The predicted molar refractivity (Wildman–Crippen MR) is 99.3 cm³/mol. The number of thiophene rings is 1. The van der Waals surface area contributed by atoms with Crippen LogP contribution in [0.15, 0.2) is 41.8 Å². The van der Waals surface area contributed by atoms with Gasteiger partial charge in [0.2, 0.25) is 0 Å². The fourth-order valence-corrected chi connectivity index (χ4v) is 4.48. The number of hydrogen-bond acceptors (Lipinski definition) is 3. The van der Waals surface area contributed by atoms with Gasteiger partial charge in [-0.1, -0.05) is 31.5 Å². The van der Waals surface area contributed by atoms with Gasteiger partial charge in [-0.15, -0.1) is 11.3 Å². The van der Waals surface area contributed by atoms with E-state index in [1.165, 1.54) is 4.88 Å². The molecule has 0 spiro atoms. The lowest BCUT2D eigenvalue weighted by atomic mass is 9.77. The highest BCUT2D eigenvalue weighted by atomic mass is 32.1. The quantitative estimate of drug-likeness (QED) is 0.872. The summed E-state index contributed by atoms with van der Waals surface area (Å²) in [6.07, 6.45) is 3.99. The van der Waals surface area contributed by atoms with E-state index >= 15 is 0 Å². The summed E-state index contributed by atoms with van der Waals surface area (Å²) in [5.41, 5.74) is 1.72. The molecule has 1 aromatic heterocycles. The van der Waals surface area contributed by atoms with Gasteiger partial charge in [-0.25, -0.2) is 0 Å². The number of carbonyl (C=O) groups is 1. The number of carbonyl (C=O) groups excluding carboxylic acids is 1. The van der Waals surface area contributed by atoms with E-state index in [9.17, 15) is 9.90 Å². The maximum Gasteiger partial charge on any atom is 0.253 e. The molecule has 2 heterocycles. The van der Waals surface area contributed by atoms with Gasteiger partial charge >= 0.3 is 0 Å². The Morgan fingerprint density at radius 2 is 2.21 bits per heavy atom. The third-order valence-corrected chi connectivity index (χ3v) is 5.90. The maximum absolute atomic E-state index is 13.0. The summed E-state index contributed by atoms with van der Waals surface area (Å²) >= 11 is 1.68. The molecule has 1 aliphatic rings. The van der Waals surface area contributed by atoms with Crippen LogP contribution in [0.1, 0.15) is 43.0 Å². The van der Waals surface area contributed by atoms with Crippen LogP contribution >= 0.6 is 11.3 Å². The molecular formula is C20H25NO2S. The Labute approximate surface area is 147 Å². The maximum atomic E-state index is 13.0. The lowest BCUT2D eigenvalue weighted by molar-refractivity contribution is 0.0222. The van der Waals surface area contributed by atoms with Gasteiger partial charge in [0.05, 0.1) is 6.61 Å². The van der Waals surface area contributed by atoms with E-state index in [2.05, 4.69) is 18.4 Å². The van der Waals surface area contributed by atoms with Crippen LogP contribution in [0.25, 0.3) is 10.4 Å². The fraction of sp³-hybridized carbons (Fsp3) is 0.450. The molecule has 1 saturated heterocycles. The van der Waals surface area contributed by atoms with Crippen LogP contribution in [0.3, 0.4) is 0 Å². The van der Waals surface area contributed by atoms with E-state index in [4.69, 9.17) is 0 Å². The summed E-state index contributed by atoms with van der Waals surface area (Å²) in [6, 6.07) is 12.0. The van der Waals surface area contributed by atoms with Gasteiger partial charge in [0.25, 0.3) is 5.91 Å². The number of benzene rings is 1. The van der Waals surface area contributed by atoms with Gasteiger partial charge in [0.1, 0.15) is 0 Å². The zero-order chi connectivity index (χ0) is 17.0. The van der Waals surface area contributed by atoms with Gasteiger partial charge in [0.15, 0.2) is 0 Å². The average molecular weight is 343 g/mol. The van der Waals surface area contributed by atoms with Crippen molar-refractivity contribution in [3.63, 3.8) is 0 Å². The summed E-state index contributed by atoms with van der Waals surface area (Å²) in [5.74, 6) is 0.0852. The molecule has 1 aliphatic heterocycles. The standard InChI is InChI=1S/C20H25NO2S/c1-2-9-20(15-22)10-5-11-21(14-20)19(23)17-7-3-6-16(13-17)18-8-4-12-24-18/h3-4,6-8,12-13,22H,2,5,9-11,14-15H2,1H3/t20-/m0/s1. The summed E-state index contributed by atoms with van der Waals surface area (Å²) in [7, 11) is 0. The van der Waals surface area contributed by atoms with Crippen molar-refractivity contribution in [1.29, 1.82) is 0 Å². The smallest absolute Gasteiger partial charge is 0.253 e. The van der Waals surface area contributed by atoms with Crippen LogP contribution in [0, 0.1) is 5.41 Å². The van der Waals surface area contributed by atoms with Crippen molar-refractivity contribution in [3.05, 3.63) is 47.3 Å². The lowest BCUT2D eigenvalue weighted by Crippen LogP contribution is -2.47. The molecule has 24 heavy (non-hydrogen) atoms. The van der Waals surface area contributed by atoms with Crippen LogP contribution < -0.4 is 0 Å². The Morgan fingerprint density at radius 3 is 2.92 bits per heavy atom. The number of nitrogens with zero attached hydrogens (tertiary/aromatic N) is 1. The van der Waals surface area contributed by atoms with Crippen LogP contribution in [-0.2, 0) is 0 Å². The van der Waals surface area contributed by atoms with E-state index in [1.807, 2.05) is 35.2 Å². The van der Waals surface area contributed by atoms with Crippen LogP contribution in [-0.4, -0.2) is 35.6 Å². The minimum absolute atomic E-state index is 0.0852. The van der Waals surface area contributed by atoms with Crippen molar-refractivity contribution in [2.24, 2.45) is 5.41 Å². The highest BCUT2D eigenvalue weighted by Crippen LogP contribution is 2.35. The average Bonchev–Trinajstić information content (AvgIpc) is 3.16. The molecule has 0 bridgehead atoms. The number of aliphatic hydroxyl groups excluding tert-OH is 1. The Kier molecular flexibility index (Phi) is 5.36. The summed E-state index contributed by atoms with van der Waals surface area (Å²) in [6.45, 7) is 3.76. The molecular weight excluding hydrogens is 318 g/mol. The normalized spacial score (nSPS) is 21.0. The van der Waals surface area contributed by atoms with Crippen LogP contribution in [0.4, 0.5) is 0 Å². The number of hydrogen-bond donors (Lipinski definition) is 1.